The Balaban J connectivity index is 2.96. The van der Waals surface area contributed by atoms with Gasteiger partial charge in [0.25, 0.3) is 0 Å². The first-order valence-corrected chi connectivity index (χ1v) is 3.53. The zero-order valence-corrected chi connectivity index (χ0v) is 6.15. The molecule has 0 spiro atoms. The molecule has 0 atom stereocenters. The molecule has 12 heavy (non-hydrogen) atoms. The quantitative estimate of drug-likeness (QED) is 0.520. The van der Waals surface area contributed by atoms with Crippen LogP contribution in [0.5, 0.6) is 0 Å². The highest BCUT2D eigenvalue weighted by molar-refractivity contribution is 7.62. The summed E-state index contributed by atoms with van der Waals surface area (Å²) in [4.78, 5) is 21.2. The zero-order chi connectivity index (χ0) is 9.14. The van der Waals surface area contributed by atoms with Crippen LogP contribution in [0.4, 0.5) is 0 Å². The van der Waals surface area contributed by atoms with Crippen molar-refractivity contribution in [2.45, 2.75) is 0 Å². The van der Waals surface area contributed by atoms with Crippen LogP contribution in [0.15, 0.2) is 19.8 Å². The van der Waals surface area contributed by atoms with Crippen LogP contribution in [0.25, 0.3) is 0 Å². The summed E-state index contributed by atoms with van der Waals surface area (Å²) in [5.74, 6) is -2.26. The van der Waals surface area contributed by atoms with E-state index < -0.39 is 28.0 Å². The van der Waals surface area contributed by atoms with Crippen molar-refractivity contribution >= 4 is 28.0 Å². The van der Waals surface area contributed by atoms with Crippen molar-refractivity contribution in [3.05, 3.63) is 0 Å². The lowest BCUT2D eigenvalue weighted by atomic mass is 10.3. The van der Waals surface area contributed by atoms with Gasteiger partial charge < -0.3 is 0 Å². The summed E-state index contributed by atoms with van der Waals surface area (Å²) < 4.78 is 22.2. The van der Waals surface area contributed by atoms with Crippen molar-refractivity contribution in [3.8, 4) is 0 Å². The van der Waals surface area contributed by atoms with Gasteiger partial charge in [0, 0.05) is 0 Å². The van der Waals surface area contributed by atoms with Crippen LogP contribution < -0.4 is 0 Å². The number of carbonyl (C=O) groups excluding carboxylic acids is 2. The van der Waals surface area contributed by atoms with Gasteiger partial charge in [0.2, 0.25) is 5.71 Å². The molecule has 0 unspecified atom stereocenters. The Bertz CT molecular complexity index is 421. The molecular formula is C3N4O4S. The van der Waals surface area contributed by atoms with Gasteiger partial charge >= 0.3 is 22.3 Å². The van der Waals surface area contributed by atoms with Crippen molar-refractivity contribution < 1.29 is 18.0 Å². The maximum absolute atomic E-state index is 10.6. The van der Waals surface area contributed by atoms with Gasteiger partial charge in [0.05, 0.1) is 0 Å². The van der Waals surface area contributed by atoms with Crippen LogP contribution in [0.1, 0.15) is 0 Å². The van der Waals surface area contributed by atoms with Crippen LogP contribution in [0.2, 0.25) is 0 Å². The van der Waals surface area contributed by atoms with E-state index in [0.29, 0.717) is 0 Å². The number of amides is 2. The van der Waals surface area contributed by atoms with E-state index in [0.717, 1.165) is 0 Å². The van der Waals surface area contributed by atoms with Gasteiger partial charge in [-0.05, 0) is 5.22 Å². The SMILES string of the molecule is O=C1N=NN=C1C(=O)N=S(=O)=O. The third-order valence-electron chi connectivity index (χ3n) is 0.843. The standard InChI is InChI=1S/C3N4O4S/c8-2-1(4-7-5-2)3(9)6-12(10)11. The summed E-state index contributed by atoms with van der Waals surface area (Å²) in [6.45, 7) is 0. The topological polar surface area (TPSA) is 118 Å². The minimum Gasteiger partial charge on any atom is -0.264 e. The molecule has 0 bridgehead atoms. The van der Waals surface area contributed by atoms with E-state index in [1.165, 1.54) is 0 Å². The lowest BCUT2D eigenvalue weighted by Crippen LogP contribution is -2.17. The molecule has 0 aromatic rings. The molecule has 2 amide bonds. The van der Waals surface area contributed by atoms with Crippen molar-refractivity contribution in [1.82, 2.24) is 0 Å². The van der Waals surface area contributed by atoms with Crippen LogP contribution in [0, 0.1) is 0 Å². The fraction of sp³-hybridized carbons (Fsp3) is 0. The largest absolute Gasteiger partial charge is 0.323 e. The van der Waals surface area contributed by atoms with Gasteiger partial charge in [-0.25, -0.2) is 0 Å². The Morgan fingerprint density at radius 1 is 1.42 bits per heavy atom. The smallest absolute Gasteiger partial charge is 0.264 e. The molecule has 8 nitrogen and oxygen atoms in total. The third kappa shape index (κ3) is 1.63. The molecule has 1 aliphatic heterocycles. The minimum absolute atomic E-state index is 0.695. The first-order chi connectivity index (χ1) is 5.61. The van der Waals surface area contributed by atoms with E-state index in [4.69, 9.17) is 0 Å². The Kier molecular flexibility index (Phi) is 2.14. The first-order valence-electron chi connectivity index (χ1n) is 2.49. The second-order valence-corrected chi connectivity index (χ2v) is 2.17. The summed E-state index contributed by atoms with van der Waals surface area (Å²) in [7, 11) is -2.90. The van der Waals surface area contributed by atoms with Crippen molar-refractivity contribution in [1.29, 1.82) is 0 Å². The van der Waals surface area contributed by atoms with E-state index in [-0.39, 0.29) is 0 Å². The summed E-state index contributed by atoms with van der Waals surface area (Å²) in [5, 5.41) is 8.68. The van der Waals surface area contributed by atoms with E-state index in [1.807, 2.05) is 0 Å². The van der Waals surface area contributed by atoms with Gasteiger partial charge in [-0.15, -0.1) is 5.10 Å². The molecular weight excluding hydrogens is 188 g/mol. The molecule has 0 radical (unpaired) electrons. The van der Waals surface area contributed by atoms with Gasteiger partial charge in [-0.3, -0.25) is 9.59 Å². The highest BCUT2D eigenvalue weighted by atomic mass is 32.2. The van der Waals surface area contributed by atoms with Crippen molar-refractivity contribution in [3.63, 3.8) is 0 Å². The minimum atomic E-state index is -2.90. The van der Waals surface area contributed by atoms with E-state index in [9.17, 15) is 18.0 Å². The van der Waals surface area contributed by atoms with E-state index in [1.54, 1.807) is 0 Å². The number of hydrogen-bond acceptors (Lipinski definition) is 6. The van der Waals surface area contributed by atoms with Gasteiger partial charge in [-0.1, -0.05) is 9.48 Å². The fourth-order valence-corrected chi connectivity index (χ4v) is 0.665. The average Bonchev–Trinajstić information content (AvgIpc) is 2.33. The second kappa shape index (κ2) is 3.09. The molecule has 62 valence electrons. The predicted molar refractivity (Wildman–Crippen MR) is 33.7 cm³/mol. The molecule has 0 saturated carbocycles. The normalized spacial score (nSPS) is 14.3. The monoisotopic (exact) mass is 188 g/mol. The predicted octanol–water partition coefficient (Wildman–Crippen LogP) is -1.08. The molecule has 0 saturated heterocycles. The van der Waals surface area contributed by atoms with Crippen molar-refractivity contribution in [2.75, 3.05) is 0 Å². The molecule has 0 aromatic heterocycles. The Hall–Kier alpha value is -1.77. The van der Waals surface area contributed by atoms with Gasteiger partial charge in [0.1, 0.15) is 0 Å². The molecule has 1 aliphatic rings. The molecule has 0 aliphatic carbocycles. The van der Waals surface area contributed by atoms with E-state index >= 15 is 0 Å². The fourth-order valence-electron chi connectivity index (χ4n) is 0.443. The average molecular weight is 188 g/mol. The van der Waals surface area contributed by atoms with Crippen LogP contribution in [-0.4, -0.2) is 25.9 Å². The molecule has 1 heterocycles. The zero-order valence-electron chi connectivity index (χ0n) is 5.33. The maximum atomic E-state index is 10.6. The highest BCUT2D eigenvalue weighted by Gasteiger charge is 2.24. The lowest BCUT2D eigenvalue weighted by molar-refractivity contribution is -0.115. The summed E-state index contributed by atoms with van der Waals surface area (Å²) in [6, 6.07) is 0. The molecule has 9 heteroatoms. The van der Waals surface area contributed by atoms with Gasteiger partial charge in [-0.2, -0.15) is 8.42 Å². The number of carbonyl (C=O) groups is 2. The number of hydrogen-bond donors (Lipinski definition) is 0. The molecule has 1 rings (SSSR count). The second-order valence-electron chi connectivity index (χ2n) is 1.56. The van der Waals surface area contributed by atoms with Crippen molar-refractivity contribution in [2.24, 2.45) is 19.8 Å². The first kappa shape index (κ1) is 8.33. The van der Waals surface area contributed by atoms with E-state index in [2.05, 4.69) is 19.8 Å². The number of rotatable bonds is 1. The highest BCUT2D eigenvalue weighted by Crippen LogP contribution is 1.98. The third-order valence-corrected chi connectivity index (χ3v) is 1.16. The van der Waals surface area contributed by atoms with Crippen LogP contribution >= 0.6 is 0 Å². The van der Waals surface area contributed by atoms with Crippen LogP contribution in [0.3, 0.4) is 0 Å². The number of nitrogens with zero attached hydrogens (tertiary/aromatic N) is 4. The Morgan fingerprint density at radius 2 is 2.08 bits per heavy atom. The Labute approximate surface area is 66.7 Å². The summed E-state index contributed by atoms with van der Waals surface area (Å²) >= 11 is 0. The molecule has 0 aromatic carbocycles. The molecule has 0 fully saturated rings. The summed E-state index contributed by atoms with van der Waals surface area (Å²) in [6.07, 6.45) is 0. The Morgan fingerprint density at radius 3 is 2.50 bits per heavy atom. The van der Waals surface area contributed by atoms with Crippen LogP contribution in [-0.2, 0) is 20.1 Å². The summed E-state index contributed by atoms with van der Waals surface area (Å²) in [5.41, 5.74) is -0.695. The molecule has 0 N–H and O–H groups in total. The maximum Gasteiger partial charge on any atom is 0.323 e. The lowest BCUT2D eigenvalue weighted by Gasteiger charge is -1.81. The van der Waals surface area contributed by atoms with Gasteiger partial charge in [0.15, 0.2) is 0 Å².